The van der Waals surface area contributed by atoms with E-state index >= 15 is 0 Å². The number of allylic oxidation sites excluding steroid dienone is 4. The van der Waals surface area contributed by atoms with Crippen molar-refractivity contribution in [3.63, 3.8) is 0 Å². The molecule has 115 heavy (non-hydrogen) atoms. The monoisotopic (exact) mass is 1660 g/mol. The molecule has 0 amide bonds. The summed E-state index contributed by atoms with van der Waals surface area (Å²) in [6.07, 6.45) is 27.6. The standard InChI is InChI=1S/C89H163O25P/c1-5-9-13-17-21-25-29-33-35-39-42-45-49-53-57-61-72(91)105-66-69(108-74(93)63-59-55-51-47-44-40-36-34-30-26-22-18-14-10-6-2)67-107-115(103,104)114-87-85(112-88-82(101)78(97)76(95)70(65-90)109-88)81(100)80(99)84(111-75(94)64-60-56-52-48-43-38-32-28-24-20-16-12-8-4)86(87)113-89-83(102)79(98)77(96)71(110-89)68-106-73(92)62-58-54-50-46-41-37-31-27-23-19-15-11-7-3/h37-38,41,43,69-71,76-90,95-102H,5-36,39-40,42,44-68H2,1-4H3,(H,103,104)/b41-37-,43-38-. The minimum absolute atomic E-state index is 0.00723. The Morgan fingerprint density at radius 2 is 0.652 bits per heavy atom. The van der Waals surface area contributed by atoms with Crippen LogP contribution in [0.25, 0.3) is 0 Å². The van der Waals surface area contributed by atoms with Gasteiger partial charge < -0.3 is 88.7 Å². The van der Waals surface area contributed by atoms with Crippen LogP contribution in [0.1, 0.15) is 387 Å². The van der Waals surface area contributed by atoms with Crippen LogP contribution in [-0.2, 0) is 70.7 Å². The molecule has 0 aromatic carbocycles. The number of aliphatic hydroxyl groups is 9. The molecule has 3 rings (SSSR count). The molecule has 25 nitrogen and oxygen atoms in total. The molecule has 0 aromatic rings. The second-order valence-corrected chi connectivity index (χ2v) is 34.2. The van der Waals surface area contributed by atoms with E-state index in [4.69, 9.17) is 46.9 Å². The van der Waals surface area contributed by atoms with E-state index in [0.29, 0.717) is 38.5 Å². The highest BCUT2D eigenvalue weighted by atomic mass is 31.2. The van der Waals surface area contributed by atoms with Crippen LogP contribution in [0.2, 0.25) is 0 Å². The van der Waals surface area contributed by atoms with Crippen molar-refractivity contribution < 1.29 is 122 Å². The van der Waals surface area contributed by atoms with E-state index in [1.165, 1.54) is 173 Å². The van der Waals surface area contributed by atoms with Crippen molar-refractivity contribution in [1.82, 2.24) is 0 Å². The molecular weight excluding hydrogens is 1500 g/mol. The molecule has 2 heterocycles. The molecule has 26 heteroatoms. The van der Waals surface area contributed by atoms with Gasteiger partial charge in [0.25, 0.3) is 0 Å². The summed E-state index contributed by atoms with van der Waals surface area (Å²) in [6, 6.07) is 0. The van der Waals surface area contributed by atoms with Crippen LogP contribution in [0.15, 0.2) is 24.3 Å². The van der Waals surface area contributed by atoms with Crippen molar-refractivity contribution in [2.75, 3.05) is 26.4 Å². The molecule has 0 radical (unpaired) electrons. The number of esters is 4. The Labute approximate surface area is 692 Å². The molecule has 3 aliphatic rings. The number of ether oxygens (including phenoxy) is 8. The average Bonchev–Trinajstić information content (AvgIpc) is 0.756. The molecule has 674 valence electrons. The summed E-state index contributed by atoms with van der Waals surface area (Å²) in [7, 11) is -5.81. The molecule has 3 fully saturated rings. The van der Waals surface area contributed by atoms with Gasteiger partial charge in [-0.25, -0.2) is 4.57 Å². The van der Waals surface area contributed by atoms with Gasteiger partial charge in [0.05, 0.1) is 13.2 Å². The topological polar surface area (TPSA) is 380 Å². The zero-order valence-electron chi connectivity index (χ0n) is 71.6. The van der Waals surface area contributed by atoms with E-state index in [2.05, 4.69) is 52.0 Å². The Morgan fingerprint density at radius 1 is 0.339 bits per heavy atom. The van der Waals surface area contributed by atoms with E-state index in [0.717, 1.165) is 116 Å². The number of carbonyl (C=O) groups excluding carboxylic acids is 4. The van der Waals surface area contributed by atoms with E-state index in [9.17, 15) is 74.6 Å². The normalized spacial score (nSPS) is 25.3. The first-order valence-electron chi connectivity index (χ1n) is 46.1. The number of phosphoric acid groups is 1. The van der Waals surface area contributed by atoms with Crippen molar-refractivity contribution in [2.24, 2.45) is 0 Å². The summed E-state index contributed by atoms with van der Waals surface area (Å²) in [5, 5.41) is 102. The lowest BCUT2D eigenvalue weighted by Crippen LogP contribution is -2.70. The number of hydrogen-bond donors (Lipinski definition) is 10. The summed E-state index contributed by atoms with van der Waals surface area (Å²) < 4.78 is 73.3. The number of aliphatic hydroxyl groups excluding tert-OH is 9. The SMILES string of the molecule is CCCCCCCC/C=C\CCCCCC(=O)OCC1OC(OC2C(OC(=O)CCCCC/C=C\CCCCCCCC)C(O)C(O)C(OC3OC(CO)C(O)C(O)C3O)C2OP(=O)(O)OCC(COC(=O)CCCCCCCCCCCCCCCCC)OC(=O)CCCCCCCCCCCCCCCCC)C(O)C(O)C1O. The molecule has 2 aliphatic heterocycles. The van der Waals surface area contributed by atoms with Crippen LogP contribution in [0, 0.1) is 0 Å². The summed E-state index contributed by atoms with van der Waals surface area (Å²) in [5.74, 6) is -2.99. The molecule has 0 spiro atoms. The van der Waals surface area contributed by atoms with Crippen LogP contribution in [0.4, 0.5) is 0 Å². The van der Waals surface area contributed by atoms with Crippen molar-refractivity contribution in [1.29, 1.82) is 0 Å². The first-order valence-corrected chi connectivity index (χ1v) is 47.6. The van der Waals surface area contributed by atoms with Crippen LogP contribution in [0.5, 0.6) is 0 Å². The molecular formula is C89H163O25P. The third kappa shape index (κ3) is 49.0. The molecule has 1 saturated carbocycles. The van der Waals surface area contributed by atoms with Gasteiger partial charge in [-0.1, -0.05) is 309 Å². The fourth-order valence-electron chi connectivity index (χ4n) is 15.1. The molecule has 18 atom stereocenters. The fraction of sp³-hybridized carbons (Fsp3) is 0.910. The number of phosphoric ester groups is 1. The average molecular weight is 1660 g/mol. The Hall–Kier alpha value is -3.05. The van der Waals surface area contributed by atoms with Gasteiger partial charge in [0.15, 0.2) is 24.8 Å². The van der Waals surface area contributed by atoms with E-state index < -0.39 is 162 Å². The number of hydrogen-bond acceptors (Lipinski definition) is 24. The predicted molar refractivity (Wildman–Crippen MR) is 444 cm³/mol. The van der Waals surface area contributed by atoms with Crippen molar-refractivity contribution in [2.45, 2.75) is 491 Å². The Morgan fingerprint density at radius 3 is 1.04 bits per heavy atom. The van der Waals surface area contributed by atoms with Gasteiger partial charge in [0.2, 0.25) is 0 Å². The van der Waals surface area contributed by atoms with Gasteiger partial charge >= 0.3 is 31.7 Å². The number of unbranched alkanes of at least 4 members (excludes halogenated alkanes) is 46. The maximum Gasteiger partial charge on any atom is 0.472 e. The predicted octanol–water partition coefficient (Wildman–Crippen LogP) is 16.5. The lowest BCUT2D eigenvalue weighted by atomic mass is 9.84. The van der Waals surface area contributed by atoms with Crippen molar-refractivity contribution >= 4 is 31.7 Å². The van der Waals surface area contributed by atoms with Crippen molar-refractivity contribution in [3.8, 4) is 0 Å². The van der Waals surface area contributed by atoms with Crippen LogP contribution in [0.3, 0.4) is 0 Å². The van der Waals surface area contributed by atoms with Gasteiger partial charge in [-0.2, -0.15) is 0 Å². The van der Waals surface area contributed by atoms with Gasteiger partial charge in [0, 0.05) is 25.7 Å². The maximum atomic E-state index is 14.9. The smallest absolute Gasteiger partial charge is 0.463 e. The maximum absolute atomic E-state index is 14.9. The van der Waals surface area contributed by atoms with Crippen LogP contribution < -0.4 is 0 Å². The Kier molecular flexibility index (Phi) is 63.2. The minimum atomic E-state index is -5.81. The van der Waals surface area contributed by atoms with Crippen LogP contribution >= 0.6 is 7.82 Å². The molecule has 10 N–H and O–H groups in total. The van der Waals surface area contributed by atoms with E-state index in [1.54, 1.807) is 0 Å². The zero-order chi connectivity index (χ0) is 84.0. The first-order chi connectivity index (χ1) is 55.7. The number of rotatable bonds is 74. The quantitative estimate of drug-likeness (QED) is 0.00889. The van der Waals surface area contributed by atoms with Gasteiger partial charge in [0.1, 0.15) is 92.6 Å². The highest BCUT2D eigenvalue weighted by Crippen LogP contribution is 2.49. The zero-order valence-corrected chi connectivity index (χ0v) is 72.5. The van der Waals surface area contributed by atoms with Crippen LogP contribution in [-0.4, -0.2) is 205 Å². The second kappa shape index (κ2) is 68.5. The summed E-state index contributed by atoms with van der Waals surface area (Å²) in [5.41, 5.74) is 0. The molecule has 1 aliphatic carbocycles. The largest absolute Gasteiger partial charge is 0.472 e. The highest BCUT2D eigenvalue weighted by Gasteiger charge is 2.60. The summed E-state index contributed by atoms with van der Waals surface area (Å²) in [6.45, 7) is 5.56. The molecule has 18 unspecified atom stereocenters. The second-order valence-electron chi connectivity index (χ2n) is 32.8. The van der Waals surface area contributed by atoms with E-state index in [-0.39, 0.29) is 32.1 Å². The lowest BCUT2D eigenvalue weighted by Gasteiger charge is -2.50. The number of carbonyl (C=O) groups is 4. The van der Waals surface area contributed by atoms with Gasteiger partial charge in [-0.3, -0.25) is 28.2 Å². The third-order valence-corrected chi connectivity index (χ3v) is 23.4. The summed E-state index contributed by atoms with van der Waals surface area (Å²) in [4.78, 5) is 66.3. The molecule has 2 saturated heterocycles. The Bertz CT molecular complexity index is 2490. The van der Waals surface area contributed by atoms with Gasteiger partial charge in [-0.15, -0.1) is 0 Å². The molecule has 0 bridgehead atoms. The fourth-order valence-corrected chi connectivity index (χ4v) is 16.0. The first kappa shape index (κ1) is 106. The summed E-state index contributed by atoms with van der Waals surface area (Å²) >= 11 is 0. The third-order valence-electron chi connectivity index (χ3n) is 22.4. The van der Waals surface area contributed by atoms with Crippen molar-refractivity contribution in [3.05, 3.63) is 24.3 Å². The molecule has 0 aromatic heterocycles. The highest BCUT2D eigenvalue weighted by molar-refractivity contribution is 7.47. The van der Waals surface area contributed by atoms with Gasteiger partial charge in [-0.05, 0) is 77.0 Å². The van der Waals surface area contributed by atoms with E-state index in [1.807, 2.05) is 0 Å². The lowest BCUT2D eigenvalue weighted by molar-refractivity contribution is -0.360. The minimum Gasteiger partial charge on any atom is -0.463 e. The Balaban J connectivity index is 1.93.